The summed E-state index contributed by atoms with van der Waals surface area (Å²) in [7, 11) is 0. The van der Waals surface area contributed by atoms with E-state index in [0.29, 0.717) is 23.6 Å². The molecule has 1 heterocycles. The maximum absolute atomic E-state index is 12.8. The van der Waals surface area contributed by atoms with Crippen molar-refractivity contribution in [2.75, 3.05) is 12.8 Å². The number of carbonyl (C=O) groups is 2. The first-order chi connectivity index (χ1) is 9.90. The van der Waals surface area contributed by atoms with Crippen molar-refractivity contribution in [1.82, 2.24) is 4.90 Å². The summed E-state index contributed by atoms with van der Waals surface area (Å²) in [5, 5.41) is 9.86. The molecule has 0 radical (unpaired) electrons. The average molecular weight is 328 g/mol. The number of carboxylic acids is 1. The fourth-order valence-electron chi connectivity index (χ4n) is 2.61. The van der Waals surface area contributed by atoms with Gasteiger partial charge in [0.15, 0.2) is 0 Å². The zero-order valence-electron chi connectivity index (χ0n) is 12.1. The van der Waals surface area contributed by atoms with Crippen molar-refractivity contribution in [3.63, 3.8) is 0 Å². The van der Waals surface area contributed by atoms with Crippen LogP contribution >= 0.6 is 23.4 Å². The van der Waals surface area contributed by atoms with Crippen molar-refractivity contribution < 1.29 is 14.7 Å². The summed E-state index contributed by atoms with van der Waals surface area (Å²) in [6.45, 7) is 2.06. The molecule has 2 rings (SSSR count). The third kappa shape index (κ3) is 3.04. The molecule has 1 unspecified atom stereocenters. The number of hydrogen-bond donors (Lipinski definition) is 1. The van der Waals surface area contributed by atoms with Crippen LogP contribution in [0.25, 0.3) is 0 Å². The van der Waals surface area contributed by atoms with Crippen LogP contribution < -0.4 is 0 Å². The van der Waals surface area contributed by atoms with Gasteiger partial charge in [0.2, 0.25) is 0 Å². The van der Waals surface area contributed by atoms with Crippen molar-refractivity contribution in [3.8, 4) is 0 Å². The summed E-state index contributed by atoms with van der Waals surface area (Å²) in [5.74, 6) is -1.27. The van der Waals surface area contributed by atoms with Gasteiger partial charge in [-0.25, -0.2) is 4.79 Å². The standard InChI is InChI=1S/C15H18ClNO3S/c1-15(14(19)20)7-3-4-8-17(15)13(18)11-9-10(21-2)5-6-12(11)16/h5-6,9H,3-4,7-8H2,1-2H3,(H,19,20). The second kappa shape index (κ2) is 6.28. The van der Waals surface area contributed by atoms with Crippen LogP contribution in [0.5, 0.6) is 0 Å². The molecule has 114 valence electrons. The third-order valence-electron chi connectivity index (χ3n) is 4.00. The Morgan fingerprint density at radius 2 is 2.10 bits per heavy atom. The molecule has 1 aliphatic rings. The van der Waals surface area contributed by atoms with Gasteiger partial charge in [0, 0.05) is 11.4 Å². The van der Waals surface area contributed by atoms with E-state index < -0.39 is 11.5 Å². The Kier molecular flexibility index (Phi) is 4.84. The number of hydrogen-bond acceptors (Lipinski definition) is 3. The normalized spacial score (nSPS) is 22.1. The minimum Gasteiger partial charge on any atom is -0.480 e. The number of aliphatic carboxylic acids is 1. The summed E-state index contributed by atoms with van der Waals surface area (Å²) in [4.78, 5) is 26.8. The average Bonchev–Trinajstić information content (AvgIpc) is 2.47. The van der Waals surface area contributed by atoms with Gasteiger partial charge in [-0.3, -0.25) is 4.79 Å². The number of rotatable bonds is 3. The van der Waals surface area contributed by atoms with Crippen molar-refractivity contribution in [1.29, 1.82) is 0 Å². The first-order valence-electron chi connectivity index (χ1n) is 6.79. The zero-order chi connectivity index (χ0) is 15.6. The number of carbonyl (C=O) groups excluding carboxylic acids is 1. The second-order valence-corrected chi connectivity index (χ2v) is 6.63. The van der Waals surface area contributed by atoms with Crippen LogP contribution in [0.2, 0.25) is 5.02 Å². The van der Waals surface area contributed by atoms with Crippen LogP contribution in [-0.2, 0) is 4.79 Å². The van der Waals surface area contributed by atoms with E-state index in [9.17, 15) is 14.7 Å². The number of benzene rings is 1. The summed E-state index contributed by atoms with van der Waals surface area (Å²) >= 11 is 7.65. The molecular formula is C15H18ClNO3S. The van der Waals surface area contributed by atoms with Gasteiger partial charge in [0.25, 0.3) is 5.91 Å². The van der Waals surface area contributed by atoms with Crippen LogP contribution in [0.1, 0.15) is 36.5 Å². The van der Waals surface area contributed by atoms with E-state index >= 15 is 0 Å². The zero-order valence-corrected chi connectivity index (χ0v) is 13.6. The summed E-state index contributed by atoms with van der Waals surface area (Å²) in [6, 6.07) is 5.26. The van der Waals surface area contributed by atoms with E-state index in [1.54, 1.807) is 19.1 Å². The second-order valence-electron chi connectivity index (χ2n) is 5.34. The van der Waals surface area contributed by atoms with E-state index in [2.05, 4.69) is 0 Å². The number of halogens is 1. The lowest BCUT2D eigenvalue weighted by molar-refractivity contribution is -0.150. The van der Waals surface area contributed by atoms with Gasteiger partial charge in [0.05, 0.1) is 10.6 Å². The highest BCUT2D eigenvalue weighted by atomic mass is 35.5. The predicted molar refractivity (Wildman–Crippen MR) is 84.2 cm³/mol. The maximum atomic E-state index is 12.8. The fraction of sp³-hybridized carbons (Fsp3) is 0.467. The number of thioether (sulfide) groups is 1. The lowest BCUT2D eigenvalue weighted by Crippen LogP contribution is -2.57. The summed E-state index contributed by atoms with van der Waals surface area (Å²) in [6.07, 6.45) is 4.01. The lowest BCUT2D eigenvalue weighted by atomic mass is 9.88. The molecule has 21 heavy (non-hydrogen) atoms. The molecular weight excluding hydrogens is 310 g/mol. The van der Waals surface area contributed by atoms with Crippen LogP contribution in [0, 0.1) is 0 Å². The molecule has 1 amide bonds. The number of nitrogens with zero attached hydrogens (tertiary/aromatic N) is 1. The van der Waals surface area contributed by atoms with Crippen molar-refractivity contribution in [2.24, 2.45) is 0 Å². The lowest BCUT2D eigenvalue weighted by Gasteiger charge is -2.41. The van der Waals surface area contributed by atoms with Gasteiger partial charge < -0.3 is 10.0 Å². The SMILES string of the molecule is CSc1ccc(Cl)c(C(=O)N2CCCCC2(C)C(=O)O)c1. The van der Waals surface area contributed by atoms with Crippen LogP contribution in [0.4, 0.5) is 0 Å². The smallest absolute Gasteiger partial charge is 0.329 e. The largest absolute Gasteiger partial charge is 0.480 e. The molecule has 0 saturated carbocycles. The van der Waals surface area contributed by atoms with E-state index in [4.69, 9.17) is 11.6 Å². The summed E-state index contributed by atoms with van der Waals surface area (Å²) in [5.41, 5.74) is -0.786. The highest BCUT2D eigenvalue weighted by molar-refractivity contribution is 7.98. The highest BCUT2D eigenvalue weighted by Gasteiger charge is 2.44. The molecule has 1 aromatic carbocycles. The molecule has 6 heteroatoms. The van der Waals surface area contributed by atoms with Gasteiger partial charge in [0.1, 0.15) is 5.54 Å². The van der Waals surface area contributed by atoms with Crippen molar-refractivity contribution >= 4 is 35.2 Å². The van der Waals surface area contributed by atoms with Gasteiger partial charge in [-0.1, -0.05) is 11.6 Å². The third-order valence-corrected chi connectivity index (χ3v) is 5.06. The van der Waals surface area contributed by atoms with Gasteiger partial charge >= 0.3 is 5.97 Å². The first-order valence-corrected chi connectivity index (χ1v) is 8.39. The Hall–Kier alpha value is -1.20. The minimum atomic E-state index is -1.16. The van der Waals surface area contributed by atoms with Crippen LogP contribution in [0.3, 0.4) is 0 Å². The molecule has 4 nitrogen and oxygen atoms in total. The van der Waals surface area contributed by atoms with E-state index in [-0.39, 0.29) is 5.91 Å². The van der Waals surface area contributed by atoms with Crippen molar-refractivity contribution in [2.45, 2.75) is 36.6 Å². The fourth-order valence-corrected chi connectivity index (χ4v) is 3.25. The molecule has 0 bridgehead atoms. The van der Waals surface area contributed by atoms with Crippen LogP contribution in [0.15, 0.2) is 23.1 Å². The molecule has 1 N–H and O–H groups in total. The molecule has 0 aliphatic carbocycles. The van der Waals surface area contributed by atoms with Crippen molar-refractivity contribution in [3.05, 3.63) is 28.8 Å². The monoisotopic (exact) mass is 327 g/mol. The number of likely N-dealkylation sites (tertiary alicyclic amines) is 1. The van der Waals surface area contributed by atoms with Gasteiger partial charge in [-0.15, -0.1) is 11.8 Å². The van der Waals surface area contributed by atoms with E-state index in [1.807, 2.05) is 12.3 Å². The van der Waals surface area contributed by atoms with E-state index in [0.717, 1.165) is 17.7 Å². The predicted octanol–water partition coefficient (Wildman–Crippen LogP) is 3.53. The minimum absolute atomic E-state index is 0.305. The number of piperidine rings is 1. The highest BCUT2D eigenvalue weighted by Crippen LogP contribution is 2.32. The molecule has 0 aromatic heterocycles. The van der Waals surface area contributed by atoms with Gasteiger partial charge in [-0.2, -0.15) is 0 Å². The molecule has 0 spiro atoms. The maximum Gasteiger partial charge on any atom is 0.329 e. The Bertz CT molecular complexity index is 578. The molecule has 1 atom stereocenters. The topological polar surface area (TPSA) is 57.6 Å². The number of carboxylic acid groups (broad SMARTS) is 1. The van der Waals surface area contributed by atoms with E-state index in [1.165, 1.54) is 16.7 Å². The van der Waals surface area contributed by atoms with Gasteiger partial charge in [-0.05, 0) is 50.6 Å². The Labute approximate surface area is 133 Å². The molecule has 1 aliphatic heterocycles. The molecule has 1 saturated heterocycles. The molecule has 1 fully saturated rings. The quantitative estimate of drug-likeness (QED) is 0.863. The number of amides is 1. The van der Waals surface area contributed by atoms with Crippen LogP contribution in [-0.4, -0.2) is 40.2 Å². The Balaban J connectivity index is 2.40. The Morgan fingerprint density at radius 3 is 2.71 bits per heavy atom. The Morgan fingerprint density at radius 1 is 1.38 bits per heavy atom. The molecule has 1 aromatic rings. The first kappa shape index (κ1) is 16.2. The summed E-state index contributed by atoms with van der Waals surface area (Å²) < 4.78 is 0.